The normalized spacial score (nSPS) is 11.7. The van der Waals surface area contributed by atoms with Crippen LogP contribution in [0.25, 0.3) is 99.5 Å². The highest BCUT2D eigenvalue weighted by atomic mass is 16.3. The molecule has 0 radical (unpaired) electrons. The second kappa shape index (κ2) is 11.0. The molecular weight excluding hydrogens is 599 g/mol. The molecule has 0 aliphatic heterocycles. The zero-order chi connectivity index (χ0) is 32.3. The van der Waals surface area contributed by atoms with E-state index in [2.05, 4.69) is 115 Å². The van der Waals surface area contributed by atoms with E-state index in [1.54, 1.807) is 0 Å². The molecule has 3 heterocycles. The number of nitrogens with zero attached hydrogens (tertiary/aromatic N) is 3. The second-order valence-corrected chi connectivity index (χ2v) is 12.3. The number of benzene rings is 7. The predicted molar refractivity (Wildman–Crippen MR) is 201 cm³/mol. The molecule has 0 saturated carbocycles. The number of hydrogen-bond donors (Lipinski definition) is 0. The van der Waals surface area contributed by atoms with Gasteiger partial charge in [0, 0.05) is 54.6 Å². The van der Waals surface area contributed by atoms with Crippen molar-refractivity contribution in [2.75, 3.05) is 0 Å². The molecule has 0 aliphatic rings. The van der Waals surface area contributed by atoms with Crippen LogP contribution >= 0.6 is 0 Å². The highest BCUT2D eigenvalue weighted by Gasteiger charge is 2.22. The molecule has 228 valence electrons. The topological polar surface area (TPSA) is 51.8 Å². The van der Waals surface area contributed by atoms with Crippen molar-refractivity contribution in [1.82, 2.24) is 15.0 Å². The third kappa shape index (κ3) is 4.42. The van der Waals surface area contributed by atoms with E-state index in [1.165, 1.54) is 0 Å². The van der Waals surface area contributed by atoms with Crippen LogP contribution in [-0.4, -0.2) is 15.0 Å². The number of rotatable bonds is 4. The number of hydrogen-bond acceptors (Lipinski definition) is 4. The van der Waals surface area contributed by atoms with Gasteiger partial charge < -0.3 is 4.42 Å². The number of aromatic nitrogens is 3. The lowest BCUT2D eigenvalue weighted by molar-refractivity contribution is 0.669. The quantitative estimate of drug-likeness (QED) is 0.183. The molecule has 0 aliphatic carbocycles. The first-order valence-electron chi connectivity index (χ1n) is 16.5. The first-order valence-corrected chi connectivity index (χ1v) is 16.5. The summed E-state index contributed by atoms with van der Waals surface area (Å²) in [6, 6.07) is 56.6. The summed E-state index contributed by atoms with van der Waals surface area (Å²) in [7, 11) is 0. The molecule has 0 bridgehead atoms. The summed E-state index contributed by atoms with van der Waals surface area (Å²) in [6.07, 6.45) is 0. The third-order valence-electron chi connectivity index (χ3n) is 9.46. The second-order valence-electron chi connectivity index (χ2n) is 12.3. The molecule has 0 N–H and O–H groups in total. The lowest BCUT2D eigenvalue weighted by atomic mass is 9.89. The molecule has 3 aromatic heterocycles. The maximum Gasteiger partial charge on any atom is 0.160 e. The summed E-state index contributed by atoms with van der Waals surface area (Å²) in [6.45, 7) is 0. The van der Waals surface area contributed by atoms with Crippen LogP contribution in [0.15, 0.2) is 168 Å². The third-order valence-corrected chi connectivity index (χ3v) is 9.46. The first kappa shape index (κ1) is 27.5. The van der Waals surface area contributed by atoms with Gasteiger partial charge in [0.25, 0.3) is 0 Å². The summed E-state index contributed by atoms with van der Waals surface area (Å²) in [5, 5.41) is 6.54. The Morgan fingerprint density at radius 3 is 1.61 bits per heavy atom. The van der Waals surface area contributed by atoms with Gasteiger partial charge in [0.2, 0.25) is 0 Å². The Hall–Kier alpha value is -6.65. The molecule has 0 unspecified atom stereocenters. The van der Waals surface area contributed by atoms with Crippen molar-refractivity contribution in [3.63, 3.8) is 0 Å². The zero-order valence-corrected chi connectivity index (χ0v) is 26.3. The van der Waals surface area contributed by atoms with E-state index in [0.29, 0.717) is 5.82 Å². The Kier molecular flexibility index (Phi) is 6.15. The van der Waals surface area contributed by atoms with Crippen LogP contribution < -0.4 is 0 Å². The number of furan rings is 1. The number of fused-ring (bicyclic) bond motifs is 7. The van der Waals surface area contributed by atoms with Gasteiger partial charge in [-0.2, -0.15) is 0 Å². The van der Waals surface area contributed by atoms with Gasteiger partial charge in [0.1, 0.15) is 11.2 Å². The molecular formula is C45H27N3O. The van der Waals surface area contributed by atoms with E-state index in [4.69, 9.17) is 19.4 Å². The van der Waals surface area contributed by atoms with Gasteiger partial charge in [-0.1, -0.05) is 140 Å². The Labute approximate surface area is 282 Å². The average molecular weight is 626 g/mol. The van der Waals surface area contributed by atoms with Crippen molar-refractivity contribution in [2.24, 2.45) is 0 Å². The lowest BCUT2D eigenvalue weighted by Crippen LogP contribution is -1.95. The summed E-state index contributed by atoms with van der Waals surface area (Å²) in [5.74, 6) is 0.696. The van der Waals surface area contributed by atoms with Gasteiger partial charge in [0.05, 0.1) is 22.4 Å². The molecule has 0 atom stereocenters. The fourth-order valence-electron chi connectivity index (χ4n) is 7.23. The van der Waals surface area contributed by atoms with Crippen LogP contribution in [0.1, 0.15) is 0 Å². The van der Waals surface area contributed by atoms with Gasteiger partial charge in [-0.25, -0.2) is 15.0 Å². The smallest absolute Gasteiger partial charge is 0.160 e. The molecule has 0 saturated heterocycles. The van der Waals surface area contributed by atoms with Crippen LogP contribution in [0, 0.1) is 0 Å². The van der Waals surface area contributed by atoms with Crippen LogP contribution in [0.3, 0.4) is 0 Å². The Bertz CT molecular complexity index is 2860. The van der Waals surface area contributed by atoms with Crippen molar-refractivity contribution in [2.45, 2.75) is 0 Å². The van der Waals surface area contributed by atoms with Gasteiger partial charge in [-0.3, -0.25) is 0 Å². The zero-order valence-electron chi connectivity index (χ0n) is 26.3. The summed E-state index contributed by atoms with van der Waals surface area (Å²) in [4.78, 5) is 15.4. The average Bonchev–Trinajstić information content (AvgIpc) is 3.55. The minimum absolute atomic E-state index is 0.696. The Balaban J connectivity index is 1.25. The van der Waals surface area contributed by atoms with Gasteiger partial charge >= 0.3 is 0 Å². The minimum Gasteiger partial charge on any atom is -0.456 e. The SMILES string of the molecule is c1ccc(-c2nc(-c3ccc(-c4c5c(cc6c(-c7ccccc7)nc7ccccc7c46)oc4ccccc45)cc3)nc3ccccc23)cc1. The summed E-state index contributed by atoms with van der Waals surface area (Å²) in [5.41, 5.74) is 10.8. The fourth-order valence-corrected chi connectivity index (χ4v) is 7.23. The van der Waals surface area contributed by atoms with Crippen LogP contribution in [0.4, 0.5) is 0 Å². The van der Waals surface area contributed by atoms with Gasteiger partial charge in [-0.05, 0) is 29.8 Å². The molecule has 0 amide bonds. The van der Waals surface area contributed by atoms with E-state index < -0.39 is 0 Å². The molecule has 7 aromatic carbocycles. The maximum absolute atomic E-state index is 6.57. The molecule has 4 heteroatoms. The predicted octanol–water partition coefficient (Wildman–Crippen LogP) is 11.9. The molecule has 4 nitrogen and oxygen atoms in total. The van der Waals surface area contributed by atoms with E-state index in [1.807, 2.05) is 48.5 Å². The van der Waals surface area contributed by atoms with E-state index in [9.17, 15) is 0 Å². The molecule has 49 heavy (non-hydrogen) atoms. The monoisotopic (exact) mass is 625 g/mol. The van der Waals surface area contributed by atoms with Crippen LogP contribution in [0.2, 0.25) is 0 Å². The number of para-hydroxylation sites is 3. The summed E-state index contributed by atoms with van der Waals surface area (Å²) >= 11 is 0. The lowest BCUT2D eigenvalue weighted by Gasteiger charge is -2.16. The van der Waals surface area contributed by atoms with Crippen LogP contribution in [-0.2, 0) is 0 Å². The maximum atomic E-state index is 6.57. The molecule has 0 fully saturated rings. The van der Waals surface area contributed by atoms with Crippen molar-refractivity contribution in [1.29, 1.82) is 0 Å². The highest BCUT2D eigenvalue weighted by Crippen LogP contribution is 2.46. The first-order chi connectivity index (χ1) is 24.3. The summed E-state index contributed by atoms with van der Waals surface area (Å²) < 4.78 is 6.57. The van der Waals surface area contributed by atoms with Gasteiger partial charge in [0.15, 0.2) is 5.82 Å². The number of pyridine rings is 1. The highest BCUT2D eigenvalue weighted by molar-refractivity contribution is 6.27. The van der Waals surface area contributed by atoms with Crippen LogP contribution in [0.5, 0.6) is 0 Å². The van der Waals surface area contributed by atoms with Crippen molar-refractivity contribution < 1.29 is 4.42 Å². The van der Waals surface area contributed by atoms with Crippen molar-refractivity contribution in [3.05, 3.63) is 164 Å². The van der Waals surface area contributed by atoms with Crippen molar-refractivity contribution in [3.8, 4) is 45.0 Å². The molecule has 10 rings (SSSR count). The molecule has 10 aromatic rings. The van der Waals surface area contributed by atoms with E-state index >= 15 is 0 Å². The molecule has 0 spiro atoms. The van der Waals surface area contributed by atoms with E-state index in [-0.39, 0.29) is 0 Å². The Morgan fingerprint density at radius 2 is 0.898 bits per heavy atom. The minimum atomic E-state index is 0.696. The van der Waals surface area contributed by atoms with E-state index in [0.717, 1.165) is 93.7 Å². The van der Waals surface area contributed by atoms with Crippen molar-refractivity contribution >= 4 is 54.5 Å². The largest absolute Gasteiger partial charge is 0.456 e. The van der Waals surface area contributed by atoms with Gasteiger partial charge in [-0.15, -0.1) is 0 Å². The Morgan fingerprint density at radius 1 is 0.347 bits per heavy atom. The standard InChI is InChI=1S/C45H27N3O/c1-3-13-29(14-4-1)43-33-18-8-11-21-37(33)47-45(48-43)31-25-23-28(24-26-31)40-41-32-17-7-10-20-36(32)46-44(30-15-5-2-6-16-30)35(41)27-39-42(40)34-19-9-12-22-38(34)49-39/h1-27H. The fraction of sp³-hybridized carbons (Fsp3) is 0.